The van der Waals surface area contributed by atoms with Gasteiger partial charge in [0, 0.05) is 5.56 Å². The Balaban J connectivity index is 0.000000424. The summed E-state index contributed by atoms with van der Waals surface area (Å²) in [5, 5.41) is 0.194. The summed E-state index contributed by atoms with van der Waals surface area (Å²) in [7, 11) is 0. The minimum absolute atomic E-state index is 0.194. The molecule has 0 aliphatic carbocycles. The SMILES string of the molecule is ClCCl.NNC(=O)c1ccccc1. The van der Waals surface area contributed by atoms with Gasteiger partial charge in [-0.2, -0.15) is 0 Å². The molecule has 5 heteroatoms. The first-order valence-corrected chi connectivity index (χ1v) is 4.51. The third kappa shape index (κ3) is 5.47. The highest BCUT2D eigenvalue weighted by Gasteiger charge is 1.98. The normalized spacial score (nSPS) is 8.23. The van der Waals surface area contributed by atoms with Gasteiger partial charge in [0.2, 0.25) is 0 Å². The van der Waals surface area contributed by atoms with Crippen molar-refractivity contribution in [2.24, 2.45) is 5.84 Å². The molecule has 0 aliphatic heterocycles. The van der Waals surface area contributed by atoms with Crippen LogP contribution in [0, 0.1) is 0 Å². The van der Waals surface area contributed by atoms with Crippen molar-refractivity contribution in [2.45, 2.75) is 0 Å². The second kappa shape index (κ2) is 7.86. The van der Waals surface area contributed by atoms with Crippen LogP contribution < -0.4 is 11.3 Å². The van der Waals surface area contributed by atoms with Crippen LogP contribution in [0.3, 0.4) is 0 Å². The van der Waals surface area contributed by atoms with Crippen molar-refractivity contribution in [3.05, 3.63) is 35.9 Å². The van der Waals surface area contributed by atoms with Gasteiger partial charge in [0.05, 0.1) is 5.34 Å². The van der Waals surface area contributed by atoms with Gasteiger partial charge >= 0.3 is 0 Å². The molecule has 1 amide bonds. The lowest BCUT2D eigenvalue weighted by Gasteiger charge is -1.95. The molecule has 0 saturated carbocycles. The van der Waals surface area contributed by atoms with E-state index in [4.69, 9.17) is 29.0 Å². The molecule has 72 valence electrons. The van der Waals surface area contributed by atoms with Gasteiger partial charge in [-0.1, -0.05) is 18.2 Å². The van der Waals surface area contributed by atoms with E-state index in [1.807, 2.05) is 11.5 Å². The number of nitrogen functional groups attached to an aromatic ring is 1. The van der Waals surface area contributed by atoms with Crippen molar-refractivity contribution in [3.63, 3.8) is 0 Å². The van der Waals surface area contributed by atoms with Crippen LogP contribution in [0.4, 0.5) is 0 Å². The molecular formula is C8H10Cl2N2O. The second-order valence-corrected chi connectivity index (χ2v) is 2.75. The van der Waals surface area contributed by atoms with Crippen LogP contribution in [0.5, 0.6) is 0 Å². The maximum absolute atomic E-state index is 10.8. The summed E-state index contributed by atoms with van der Waals surface area (Å²) in [4.78, 5) is 10.8. The molecule has 0 fully saturated rings. The molecule has 0 aromatic heterocycles. The van der Waals surface area contributed by atoms with Gasteiger partial charge in [0.25, 0.3) is 5.91 Å². The summed E-state index contributed by atoms with van der Waals surface area (Å²) in [5.41, 5.74) is 2.62. The molecule has 1 aromatic rings. The molecule has 0 heterocycles. The summed E-state index contributed by atoms with van der Waals surface area (Å²) < 4.78 is 0. The number of halogens is 2. The Hall–Kier alpha value is -0.770. The molecule has 3 N–H and O–H groups in total. The van der Waals surface area contributed by atoms with E-state index >= 15 is 0 Å². The zero-order valence-corrected chi connectivity index (χ0v) is 8.35. The Labute approximate surface area is 86.8 Å². The Morgan fingerprint density at radius 2 is 1.77 bits per heavy atom. The number of carbonyl (C=O) groups excluding carboxylic acids is 1. The molecule has 1 rings (SSSR count). The predicted molar refractivity (Wildman–Crippen MR) is 54.7 cm³/mol. The molecule has 0 atom stereocenters. The Kier molecular flexibility index (Phi) is 7.39. The number of nitrogens with two attached hydrogens (primary N) is 1. The number of hydrogen-bond acceptors (Lipinski definition) is 2. The zero-order valence-electron chi connectivity index (χ0n) is 6.84. The Morgan fingerprint density at radius 1 is 1.31 bits per heavy atom. The first kappa shape index (κ1) is 12.2. The first-order valence-electron chi connectivity index (χ1n) is 3.44. The van der Waals surface area contributed by atoms with E-state index in [1.54, 1.807) is 24.3 Å². The molecule has 0 bridgehead atoms. The van der Waals surface area contributed by atoms with Crippen LogP contribution in [-0.2, 0) is 0 Å². The number of alkyl halides is 2. The van der Waals surface area contributed by atoms with Crippen LogP contribution in [0.1, 0.15) is 10.4 Å². The van der Waals surface area contributed by atoms with E-state index in [0.29, 0.717) is 5.56 Å². The number of benzene rings is 1. The third-order valence-electron chi connectivity index (χ3n) is 1.17. The van der Waals surface area contributed by atoms with E-state index in [2.05, 4.69) is 0 Å². The summed E-state index contributed by atoms with van der Waals surface area (Å²) >= 11 is 9.53. The van der Waals surface area contributed by atoms with Crippen LogP contribution in [0.25, 0.3) is 0 Å². The quantitative estimate of drug-likeness (QED) is 0.328. The molecule has 1 aromatic carbocycles. The molecule has 3 nitrogen and oxygen atoms in total. The van der Waals surface area contributed by atoms with Gasteiger partial charge in [0.15, 0.2) is 0 Å². The fraction of sp³-hybridized carbons (Fsp3) is 0.125. The molecule has 0 radical (unpaired) electrons. The number of rotatable bonds is 1. The number of nitrogens with one attached hydrogen (secondary N) is 1. The zero-order chi connectivity index (χ0) is 10.1. The molecule has 0 aliphatic rings. The molecule has 0 spiro atoms. The van der Waals surface area contributed by atoms with Crippen LogP contribution in [-0.4, -0.2) is 11.2 Å². The van der Waals surface area contributed by atoms with Gasteiger partial charge in [0.1, 0.15) is 0 Å². The maximum atomic E-state index is 10.8. The van der Waals surface area contributed by atoms with Crippen LogP contribution in [0.2, 0.25) is 0 Å². The predicted octanol–water partition coefficient (Wildman–Crippen LogP) is 1.71. The van der Waals surface area contributed by atoms with Crippen molar-refractivity contribution in [1.29, 1.82) is 0 Å². The Bertz CT molecular complexity index is 241. The standard InChI is InChI=1S/C7H8N2O.CH2Cl2/c8-9-7(10)6-4-2-1-3-5-6;2-1-3/h1-5H,8H2,(H,9,10);1H2. The Morgan fingerprint density at radius 3 is 2.15 bits per heavy atom. The van der Waals surface area contributed by atoms with Gasteiger partial charge in [-0.25, -0.2) is 5.84 Å². The summed E-state index contributed by atoms with van der Waals surface area (Å²) in [6, 6.07) is 8.80. The van der Waals surface area contributed by atoms with E-state index in [-0.39, 0.29) is 11.2 Å². The third-order valence-corrected chi connectivity index (χ3v) is 1.17. The minimum atomic E-state index is -0.263. The van der Waals surface area contributed by atoms with E-state index < -0.39 is 0 Å². The fourth-order valence-electron chi connectivity index (χ4n) is 0.673. The van der Waals surface area contributed by atoms with Crippen LogP contribution >= 0.6 is 23.2 Å². The number of carbonyl (C=O) groups is 1. The lowest BCUT2D eigenvalue weighted by Crippen LogP contribution is -2.29. The van der Waals surface area contributed by atoms with Gasteiger partial charge in [-0.15, -0.1) is 23.2 Å². The highest BCUT2D eigenvalue weighted by atomic mass is 35.5. The molecule has 13 heavy (non-hydrogen) atoms. The van der Waals surface area contributed by atoms with Crippen molar-refractivity contribution in [1.82, 2.24) is 5.43 Å². The van der Waals surface area contributed by atoms with Crippen molar-refractivity contribution >= 4 is 29.1 Å². The maximum Gasteiger partial charge on any atom is 0.265 e. The number of hydrogen-bond donors (Lipinski definition) is 2. The van der Waals surface area contributed by atoms with Crippen molar-refractivity contribution < 1.29 is 4.79 Å². The van der Waals surface area contributed by atoms with E-state index in [1.165, 1.54) is 0 Å². The van der Waals surface area contributed by atoms with Gasteiger partial charge in [-0.3, -0.25) is 10.2 Å². The number of amides is 1. The highest BCUT2D eigenvalue weighted by Crippen LogP contribution is 1.95. The van der Waals surface area contributed by atoms with Crippen molar-refractivity contribution in [3.8, 4) is 0 Å². The first-order chi connectivity index (χ1) is 6.26. The van der Waals surface area contributed by atoms with E-state index in [0.717, 1.165) is 0 Å². The lowest BCUT2D eigenvalue weighted by atomic mass is 10.2. The van der Waals surface area contributed by atoms with Gasteiger partial charge in [-0.05, 0) is 12.1 Å². The summed E-state index contributed by atoms with van der Waals surface area (Å²) in [6.07, 6.45) is 0. The molecule has 0 unspecified atom stereocenters. The van der Waals surface area contributed by atoms with Crippen molar-refractivity contribution in [2.75, 3.05) is 5.34 Å². The molecule has 0 saturated heterocycles. The van der Waals surface area contributed by atoms with E-state index in [9.17, 15) is 4.79 Å². The highest BCUT2D eigenvalue weighted by molar-refractivity contribution is 6.40. The number of hydrazine groups is 1. The smallest absolute Gasteiger partial charge is 0.265 e. The summed E-state index contributed by atoms with van der Waals surface area (Å²) in [6.45, 7) is 0. The topological polar surface area (TPSA) is 55.1 Å². The monoisotopic (exact) mass is 220 g/mol. The summed E-state index contributed by atoms with van der Waals surface area (Å²) in [5.74, 6) is 4.64. The lowest BCUT2D eigenvalue weighted by molar-refractivity contribution is 0.0953. The van der Waals surface area contributed by atoms with Crippen LogP contribution in [0.15, 0.2) is 30.3 Å². The largest absolute Gasteiger partial charge is 0.290 e. The average Bonchev–Trinajstić information content (AvgIpc) is 2.19. The second-order valence-electron chi connectivity index (χ2n) is 1.94. The minimum Gasteiger partial charge on any atom is -0.290 e. The fourth-order valence-corrected chi connectivity index (χ4v) is 0.673. The molecular weight excluding hydrogens is 211 g/mol. The van der Waals surface area contributed by atoms with Gasteiger partial charge < -0.3 is 0 Å². The average molecular weight is 221 g/mol.